The van der Waals surface area contributed by atoms with E-state index in [-0.39, 0.29) is 36.4 Å². The molecule has 0 spiro atoms. The van der Waals surface area contributed by atoms with Crippen LogP contribution in [0.15, 0.2) is 4.99 Å². The number of hydrogen-bond acceptors (Lipinski definition) is 4. The summed E-state index contributed by atoms with van der Waals surface area (Å²) in [7, 11) is 1.61. The summed E-state index contributed by atoms with van der Waals surface area (Å²) in [5.74, 6) is 0.631. The minimum Gasteiger partial charge on any atom is -0.383 e. The van der Waals surface area contributed by atoms with Gasteiger partial charge < -0.3 is 25.6 Å². The first-order chi connectivity index (χ1) is 11.1. The molecule has 1 fully saturated rings. The lowest BCUT2D eigenvalue weighted by Crippen LogP contribution is -2.50. The number of guanidine groups is 1. The van der Waals surface area contributed by atoms with Crippen molar-refractivity contribution in [1.29, 1.82) is 0 Å². The van der Waals surface area contributed by atoms with Crippen molar-refractivity contribution in [1.82, 2.24) is 20.9 Å². The molecule has 1 aliphatic heterocycles. The van der Waals surface area contributed by atoms with E-state index in [0.717, 1.165) is 38.4 Å². The molecule has 1 rings (SSSR count). The molecule has 0 unspecified atom stereocenters. The molecule has 0 aromatic heterocycles. The number of rotatable bonds is 8. The lowest BCUT2D eigenvalue weighted by molar-refractivity contribution is -0.119. The van der Waals surface area contributed by atoms with Crippen LogP contribution in [0, 0.1) is 0 Å². The lowest BCUT2D eigenvalue weighted by Gasteiger charge is -2.35. The average Bonchev–Trinajstić information content (AvgIpc) is 2.53. The van der Waals surface area contributed by atoms with Crippen molar-refractivity contribution in [2.75, 3.05) is 46.4 Å². The van der Waals surface area contributed by atoms with Gasteiger partial charge >= 0.3 is 0 Å². The lowest BCUT2D eigenvalue weighted by atomic mass is 10.0. The summed E-state index contributed by atoms with van der Waals surface area (Å²) in [6, 6.07) is 1.02. The van der Waals surface area contributed by atoms with Crippen LogP contribution < -0.4 is 16.0 Å². The molecule has 0 aromatic rings. The van der Waals surface area contributed by atoms with Gasteiger partial charge in [0.05, 0.1) is 6.61 Å². The van der Waals surface area contributed by atoms with Crippen LogP contribution in [0.25, 0.3) is 0 Å². The number of ether oxygens (including phenoxy) is 1. The highest BCUT2D eigenvalue weighted by atomic mass is 127. The van der Waals surface area contributed by atoms with Crippen LogP contribution in [0.3, 0.4) is 0 Å². The van der Waals surface area contributed by atoms with E-state index in [9.17, 15) is 4.79 Å². The highest BCUT2D eigenvalue weighted by molar-refractivity contribution is 14.0. The maximum absolute atomic E-state index is 11.7. The summed E-state index contributed by atoms with van der Waals surface area (Å²) >= 11 is 0. The number of halogens is 1. The van der Waals surface area contributed by atoms with Gasteiger partial charge in [-0.2, -0.15) is 0 Å². The standard InChI is InChI=1S/C16H33N5O2.HI/c1-5-17-16(19-12-15(22)18-8-11-23-4)20-14-6-9-21(10-7-14)13(2)3;/h13-14H,5-12H2,1-4H3,(H,18,22)(H2,17,19,20);1H. The molecule has 8 heteroatoms. The Morgan fingerprint density at radius 2 is 1.96 bits per heavy atom. The number of carbonyl (C=O) groups is 1. The number of aliphatic imine (C=N–C) groups is 1. The second-order valence-corrected chi connectivity index (χ2v) is 6.09. The van der Waals surface area contributed by atoms with Gasteiger partial charge in [0.2, 0.25) is 5.91 Å². The zero-order valence-electron chi connectivity index (χ0n) is 15.4. The molecule has 7 nitrogen and oxygen atoms in total. The van der Waals surface area contributed by atoms with Gasteiger partial charge in [-0.3, -0.25) is 4.79 Å². The number of piperidine rings is 1. The third-order valence-corrected chi connectivity index (χ3v) is 3.95. The number of nitrogens with zero attached hydrogens (tertiary/aromatic N) is 2. The van der Waals surface area contributed by atoms with Crippen molar-refractivity contribution in [3.05, 3.63) is 0 Å². The normalized spacial score (nSPS) is 16.6. The van der Waals surface area contributed by atoms with E-state index < -0.39 is 0 Å². The van der Waals surface area contributed by atoms with Crippen LogP contribution in [-0.4, -0.2) is 75.3 Å². The maximum atomic E-state index is 11.7. The zero-order chi connectivity index (χ0) is 17.1. The number of methoxy groups -OCH3 is 1. The highest BCUT2D eigenvalue weighted by Gasteiger charge is 2.21. The average molecular weight is 455 g/mol. The fourth-order valence-corrected chi connectivity index (χ4v) is 2.57. The molecule has 1 amide bonds. The van der Waals surface area contributed by atoms with Crippen molar-refractivity contribution in [3.8, 4) is 0 Å². The highest BCUT2D eigenvalue weighted by Crippen LogP contribution is 2.12. The van der Waals surface area contributed by atoms with Gasteiger partial charge in [-0.1, -0.05) is 0 Å². The quantitative estimate of drug-likeness (QED) is 0.219. The predicted octanol–water partition coefficient (Wildman–Crippen LogP) is 0.795. The number of carbonyl (C=O) groups excluding carboxylic acids is 1. The van der Waals surface area contributed by atoms with E-state index in [1.165, 1.54) is 0 Å². The van der Waals surface area contributed by atoms with Gasteiger partial charge in [-0.15, -0.1) is 24.0 Å². The monoisotopic (exact) mass is 455 g/mol. The summed E-state index contributed by atoms with van der Waals surface area (Å²) in [5, 5.41) is 9.42. The van der Waals surface area contributed by atoms with Crippen LogP contribution in [-0.2, 0) is 9.53 Å². The third-order valence-electron chi connectivity index (χ3n) is 3.95. The van der Waals surface area contributed by atoms with Crippen LogP contribution in [0.1, 0.15) is 33.6 Å². The van der Waals surface area contributed by atoms with Gasteiger partial charge in [0, 0.05) is 45.4 Å². The first kappa shape index (κ1) is 23.4. The van der Waals surface area contributed by atoms with Gasteiger partial charge in [0.25, 0.3) is 0 Å². The minimum atomic E-state index is -0.0890. The third kappa shape index (κ3) is 9.63. The van der Waals surface area contributed by atoms with Crippen molar-refractivity contribution in [2.45, 2.75) is 45.7 Å². The largest absolute Gasteiger partial charge is 0.383 e. The van der Waals surface area contributed by atoms with Crippen LogP contribution in [0.2, 0.25) is 0 Å². The molecule has 1 heterocycles. The number of nitrogens with one attached hydrogen (secondary N) is 3. The Labute approximate surface area is 163 Å². The van der Waals surface area contributed by atoms with Crippen LogP contribution in [0.4, 0.5) is 0 Å². The van der Waals surface area contributed by atoms with E-state index in [0.29, 0.717) is 25.2 Å². The smallest absolute Gasteiger partial charge is 0.241 e. The van der Waals surface area contributed by atoms with Crippen molar-refractivity contribution in [3.63, 3.8) is 0 Å². The van der Waals surface area contributed by atoms with E-state index >= 15 is 0 Å². The number of amides is 1. The molecule has 0 radical (unpaired) electrons. The Balaban J connectivity index is 0.00000529. The Morgan fingerprint density at radius 3 is 2.50 bits per heavy atom. The summed E-state index contributed by atoms with van der Waals surface area (Å²) in [4.78, 5) is 18.6. The van der Waals surface area contributed by atoms with Crippen molar-refractivity contribution < 1.29 is 9.53 Å². The molecule has 0 saturated carbocycles. The SMILES string of the molecule is CCNC(=NCC(=O)NCCOC)NC1CCN(C(C)C)CC1.I. The second kappa shape index (κ2) is 13.7. The predicted molar refractivity (Wildman–Crippen MR) is 109 cm³/mol. The summed E-state index contributed by atoms with van der Waals surface area (Å²) < 4.78 is 4.90. The van der Waals surface area contributed by atoms with Crippen molar-refractivity contribution >= 4 is 35.8 Å². The first-order valence-corrected chi connectivity index (χ1v) is 8.61. The molecule has 0 aromatic carbocycles. The first-order valence-electron chi connectivity index (χ1n) is 8.61. The molecule has 0 atom stereocenters. The van der Waals surface area contributed by atoms with E-state index in [1.54, 1.807) is 7.11 Å². The van der Waals surface area contributed by atoms with E-state index in [1.807, 2.05) is 6.92 Å². The van der Waals surface area contributed by atoms with Crippen LogP contribution >= 0.6 is 24.0 Å². The fraction of sp³-hybridized carbons (Fsp3) is 0.875. The molecule has 0 aliphatic carbocycles. The van der Waals surface area contributed by atoms with E-state index in [2.05, 4.69) is 39.7 Å². The number of likely N-dealkylation sites (tertiary alicyclic amines) is 1. The molecule has 24 heavy (non-hydrogen) atoms. The summed E-state index contributed by atoms with van der Waals surface area (Å²) in [6.07, 6.45) is 2.20. The fourth-order valence-electron chi connectivity index (χ4n) is 2.57. The maximum Gasteiger partial charge on any atom is 0.241 e. The molecular weight excluding hydrogens is 421 g/mol. The second-order valence-electron chi connectivity index (χ2n) is 6.09. The van der Waals surface area contributed by atoms with Gasteiger partial charge in [-0.25, -0.2) is 4.99 Å². The topological polar surface area (TPSA) is 78.0 Å². The molecule has 1 aliphatic rings. The van der Waals surface area contributed by atoms with Crippen molar-refractivity contribution in [2.24, 2.45) is 4.99 Å². The minimum absolute atomic E-state index is 0. The Hall–Kier alpha value is -0.610. The van der Waals surface area contributed by atoms with Crippen LogP contribution in [0.5, 0.6) is 0 Å². The van der Waals surface area contributed by atoms with Gasteiger partial charge in [0.15, 0.2) is 5.96 Å². The molecule has 1 saturated heterocycles. The molecule has 0 bridgehead atoms. The zero-order valence-corrected chi connectivity index (χ0v) is 17.8. The number of hydrogen-bond donors (Lipinski definition) is 3. The van der Waals surface area contributed by atoms with Gasteiger partial charge in [0.1, 0.15) is 6.54 Å². The molecule has 3 N–H and O–H groups in total. The Kier molecular flexibility index (Phi) is 13.3. The Bertz CT molecular complexity index is 371. The molecular formula is C16H34IN5O2. The summed E-state index contributed by atoms with van der Waals surface area (Å²) in [5.41, 5.74) is 0. The van der Waals surface area contributed by atoms with Gasteiger partial charge in [-0.05, 0) is 33.6 Å². The molecule has 142 valence electrons. The Morgan fingerprint density at radius 1 is 1.29 bits per heavy atom. The summed E-state index contributed by atoms with van der Waals surface area (Å²) in [6.45, 7) is 10.6. The van der Waals surface area contributed by atoms with E-state index in [4.69, 9.17) is 4.74 Å².